The number of Topliss-reactive ketones (excluding diaryl/α,β-unsaturated/α-hetero) is 1. The van der Waals surface area contributed by atoms with Crippen molar-refractivity contribution >= 4 is 23.3 Å². The Bertz CT molecular complexity index is 880. The van der Waals surface area contributed by atoms with Crippen LogP contribution in [0.5, 0.6) is 11.5 Å². The average Bonchev–Trinajstić information content (AvgIpc) is 2.78. The van der Waals surface area contributed by atoms with Crippen LogP contribution in [0.4, 0.5) is 5.69 Å². The number of nitrogens with one attached hydrogen (secondary N) is 1. The van der Waals surface area contributed by atoms with Gasteiger partial charge in [0, 0.05) is 24.9 Å². The molecule has 0 saturated carbocycles. The van der Waals surface area contributed by atoms with Crippen LogP contribution in [0, 0.1) is 0 Å². The third-order valence-corrected chi connectivity index (χ3v) is 4.61. The third kappa shape index (κ3) is 7.44. The second kappa shape index (κ2) is 12.4. The minimum Gasteiger partial charge on any atom is -0.495 e. The summed E-state index contributed by atoms with van der Waals surface area (Å²) in [7, 11) is 1.53. The van der Waals surface area contributed by atoms with Crippen LogP contribution in [-0.4, -0.2) is 49.3 Å². The van der Waals surface area contributed by atoms with Crippen LogP contribution in [-0.2, 0) is 9.59 Å². The van der Waals surface area contributed by atoms with Gasteiger partial charge in [0.15, 0.2) is 5.78 Å². The highest BCUT2D eigenvalue weighted by molar-refractivity contribution is 5.99. The summed E-state index contributed by atoms with van der Waals surface area (Å²) in [6.45, 7) is 4.74. The topological polar surface area (TPSA) is 84.9 Å². The molecule has 0 spiro atoms. The van der Waals surface area contributed by atoms with Crippen LogP contribution in [0.1, 0.15) is 43.5 Å². The summed E-state index contributed by atoms with van der Waals surface area (Å²) in [6, 6.07) is 14.0. The molecule has 31 heavy (non-hydrogen) atoms. The minimum atomic E-state index is -0.316. The Morgan fingerprint density at radius 2 is 1.68 bits per heavy atom. The number of anilines is 1. The van der Waals surface area contributed by atoms with Crippen molar-refractivity contribution in [1.82, 2.24) is 4.90 Å². The maximum Gasteiger partial charge on any atom is 0.244 e. The lowest BCUT2D eigenvalue weighted by Crippen LogP contribution is -2.38. The molecule has 1 N–H and O–H groups in total. The molecule has 2 aromatic rings. The van der Waals surface area contributed by atoms with Gasteiger partial charge in [-0.2, -0.15) is 0 Å². The number of hydrogen-bond donors (Lipinski definition) is 1. The molecule has 0 aliphatic rings. The van der Waals surface area contributed by atoms with Gasteiger partial charge < -0.3 is 19.7 Å². The molecule has 7 heteroatoms. The molecule has 7 nitrogen and oxygen atoms in total. The van der Waals surface area contributed by atoms with E-state index in [0.717, 1.165) is 0 Å². The molecule has 0 unspecified atom stereocenters. The highest BCUT2D eigenvalue weighted by Crippen LogP contribution is 2.23. The molecule has 0 aromatic heterocycles. The van der Waals surface area contributed by atoms with Crippen molar-refractivity contribution in [3.8, 4) is 11.5 Å². The number of ketones is 1. The molecule has 0 heterocycles. The molecule has 2 amide bonds. The van der Waals surface area contributed by atoms with Gasteiger partial charge in [0.05, 0.1) is 25.9 Å². The summed E-state index contributed by atoms with van der Waals surface area (Å²) >= 11 is 0. The van der Waals surface area contributed by atoms with Crippen LogP contribution in [0.15, 0.2) is 48.5 Å². The largest absolute Gasteiger partial charge is 0.495 e. The second-order valence-corrected chi connectivity index (χ2v) is 6.94. The van der Waals surface area contributed by atoms with Crippen molar-refractivity contribution in [2.45, 2.75) is 33.1 Å². The predicted molar refractivity (Wildman–Crippen MR) is 120 cm³/mol. The molecule has 0 fully saturated rings. The molecule has 0 aliphatic heterocycles. The van der Waals surface area contributed by atoms with Gasteiger partial charge in [-0.3, -0.25) is 14.4 Å². The quantitative estimate of drug-likeness (QED) is 0.520. The van der Waals surface area contributed by atoms with Crippen molar-refractivity contribution in [1.29, 1.82) is 0 Å². The standard InChI is InChI=1S/C24H30N2O5/c1-4-16-26(17-23(28)25-20-8-6-7-9-22(20)30-3)24(29)15-14-21(27)18-10-12-19(13-11-18)31-5-2/h6-13H,4-5,14-17H2,1-3H3,(H,25,28). The molecule has 0 saturated heterocycles. The van der Waals surface area contributed by atoms with Crippen molar-refractivity contribution in [2.75, 3.05) is 32.1 Å². The lowest BCUT2D eigenvalue weighted by molar-refractivity contribution is -0.134. The first-order valence-corrected chi connectivity index (χ1v) is 10.4. The van der Waals surface area contributed by atoms with Crippen LogP contribution >= 0.6 is 0 Å². The third-order valence-electron chi connectivity index (χ3n) is 4.61. The molecular weight excluding hydrogens is 396 g/mol. The highest BCUT2D eigenvalue weighted by atomic mass is 16.5. The van der Waals surface area contributed by atoms with Gasteiger partial charge in [0.1, 0.15) is 11.5 Å². The number of carbonyl (C=O) groups is 3. The Kier molecular flexibility index (Phi) is 9.55. The summed E-state index contributed by atoms with van der Waals surface area (Å²) in [5, 5.41) is 2.77. The molecule has 0 aliphatic carbocycles. The number of amides is 2. The second-order valence-electron chi connectivity index (χ2n) is 6.94. The van der Waals surface area contributed by atoms with Crippen LogP contribution in [0.25, 0.3) is 0 Å². The smallest absolute Gasteiger partial charge is 0.244 e. The van der Waals surface area contributed by atoms with E-state index in [2.05, 4.69) is 5.32 Å². The summed E-state index contributed by atoms with van der Waals surface area (Å²) in [6.07, 6.45) is 0.843. The van der Waals surface area contributed by atoms with E-state index >= 15 is 0 Å². The fourth-order valence-corrected chi connectivity index (χ4v) is 3.10. The van der Waals surface area contributed by atoms with Crippen molar-refractivity contribution in [2.24, 2.45) is 0 Å². The first kappa shape index (κ1) is 23.9. The number of carbonyl (C=O) groups excluding carboxylic acids is 3. The first-order chi connectivity index (χ1) is 15.0. The van der Waals surface area contributed by atoms with E-state index in [0.29, 0.717) is 42.3 Å². The van der Waals surface area contributed by atoms with E-state index in [9.17, 15) is 14.4 Å². The molecule has 2 rings (SSSR count). The van der Waals surface area contributed by atoms with E-state index in [1.54, 1.807) is 42.5 Å². The van der Waals surface area contributed by atoms with E-state index in [1.165, 1.54) is 12.0 Å². The Morgan fingerprint density at radius 3 is 2.32 bits per heavy atom. The van der Waals surface area contributed by atoms with Crippen LogP contribution in [0.3, 0.4) is 0 Å². The lowest BCUT2D eigenvalue weighted by atomic mass is 10.1. The van der Waals surface area contributed by atoms with Crippen molar-refractivity contribution < 1.29 is 23.9 Å². The maximum absolute atomic E-state index is 12.7. The Balaban J connectivity index is 1.92. The Labute approximate surface area is 183 Å². The molecule has 0 bridgehead atoms. The number of ether oxygens (including phenoxy) is 2. The number of nitrogens with zero attached hydrogens (tertiary/aromatic N) is 1. The highest BCUT2D eigenvalue weighted by Gasteiger charge is 2.19. The van der Waals surface area contributed by atoms with Crippen LogP contribution < -0.4 is 14.8 Å². The van der Waals surface area contributed by atoms with Gasteiger partial charge in [0.25, 0.3) is 0 Å². The number of hydrogen-bond acceptors (Lipinski definition) is 5. The van der Waals surface area contributed by atoms with E-state index in [4.69, 9.17) is 9.47 Å². The molecule has 2 aromatic carbocycles. The maximum atomic E-state index is 12.7. The van der Waals surface area contributed by atoms with Gasteiger partial charge in [0.2, 0.25) is 11.8 Å². The molecule has 0 radical (unpaired) electrons. The van der Waals surface area contributed by atoms with Gasteiger partial charge >= 0.3 is 0 Å². The average molecular weight is 427 g/mol. The van der Waals surface area contributed by atoms with Crippen molar-refractivity contribution in [3.05, 3.63) is 54.1 Å². The van der Waals surface area contributed by atoms with Gasteiger partial charge in [-0.15, -0.1) is 0 Å². The molecular formula is C24H30N2O5. The molecule has 0 atom stereocenters. The summed E-state index contributed by atoms with van der Waals surface area (Å²) < 4.78 is 10.6. The van der Waals surface area contributed by atoms with E-state index in [-0.39, 0.29) is 37.0 Å². The zero-order valence-corrected chi connectivity index (χ0v) is 18.3. The summed E-state index contributed by atoms with van der Waals surface area (Å²) in [5.41, 5.74) is 1.08. The molecule has 166 valence electrons. The zero-order valence-electron chi connectivity index (χ0n) is 18.3. The number of benzene rings is 2. The fraction of sp³-hybridized carbons (Fsp3) is 0.375. The van der Waals surface area contributed by atoms with Crippen LogP contribution in [0.2, 0.25) is 0 Å². The minimum absolute atomic E-state index is 0.0496. The monoisotopic (exact) mass is 426 g/mol. The van der Waals surface area contributed by atoms with Gasteiger partial charge in [-0.05, 0) is 49.7 Å². The Morgan fingerprint density at radius 1 is 0.968 bits per heavy atom. The number of methoxy groups -OCH3 is 1. The number of rotatable bonds is 12. The summed E-state index contributed by atoms with van der Waals surface area (Å²) in [5.74, 6) is 0.585. The lowest BCUT2D eigenvalue weighted by Gasteiger charge is -2.22. The van der Waals surface area contributed by atoms with Crippen molar-refractivity contribution in [3.63, 3.8) is 0 Å². The van der Waals surface area contributed by atoms with Gasteiger partial charge in [-0.25, -0.2) is 0 Å². The normalized spacial score (nSPS) is 10.3. The van der Waals surface area contributed by atoms with E-state index in [1.807, 2.05) is 19.9 Å². The predicted octanol–water partition coefficient (Wildman–Crippen LogP) is 3.93. The first-order valence-electron chi connectivity index (χ1n) is 10.4. The zero-order chi connectivity index (χ0) is 22.6. The Hall–Kier alpha value is -3.35. The van der Waals surface area contributed by atoms with Gasteiger partial charge in [-0.1, -0.05) is 19.1 Å². The SMILES string of the molecule is CCCN(CC(=O)Nc1ccccc1OC)C(=O)CCC(=O)c1ccc(OCC)cc1. The van der Waals surface area contributed by atoms with E-state index < -0.39 is 0 Å². The fourth-order valence-electron chi connectivity index (χ4n) is 3.10. The number of para-hydroxylation sites is 2. The summed E-state index contributed by atoms with van der Waals surface area (Å²) in [4.78, 5) is 39.1.